The summed E-state index contributed by atoms with van der Waals surface area (Å²) < 4.78 is 24.9. The Morgan fingerprint density at radius 2 is 1.44 bits per heavy atom. The summed E-state index contributed by atoms with van der Waals surface area (Å²) >= 11 is 0. The molecule has 0 aromatic carbocycles. The number of aliphatic hydroxyl groups excluding tert-OH is 5. The second-order valence-corrected chi connectivity index (χ2v) is 18.3. The Balaban J connectivity index is 1.08. The average molecular weight is 637 g/mol. The summed E-state index contributed by atoms with van der Waals surface area (Å²) in [7, 11) is 0. The van der Waals surface area contributed by atoms with Crippen molar-refractivity contribution in [3.63, 3.8) is 0 Å². The first-order chi connectivity index (χ1) is 20.8. The Labute approximate surface area is 266 Å². The van der Waals surface area contributed by atoms with Crippen molar-refractivity contribution >= 4 is 0 Å². The van der Waals surface area contributed by atoms with Gasteiger partial charge in [0.15, 0.2) is 6.29 Å². The standard InChI is InChI=1S/C35H56O10/c1-16-21-24(44-35(41)26(16)45-30(4,5)28(35)40)25(39)32(7)19-9-8-18-29(2,3)20(43-27-23(38)22(37)17(36)14-42-27)10-11-33(18)15-34(19,33)13-12-31(21,32)6/h16-28,36-41H,8-15H2,1-7H3/t16-,17+,18-,19-,20-,21-,22-,23+,24+,25-,26+,27-,28+,31+,32+,33+,34-,35-/m0/s1. The third kappa shape index (κ3) is 3.51. The Kier molecular flexibility index (Phi) is 6.53. The average Bonchev–Trinajstić information content (AvgIpc) is 3.55. The van der Waals surface area contributed by atoms with E-state index in [9.17, 15) is 30.6 Å². The first-order valence-corrected chi connectivity index (χ1v) is 17.6. The fraction of sp³-hybridized carbons (Fsp3) is 1.00. The highest BCUT2D eigenvalue weighted by Gasteiger charge is 2.86. The molecule has 3 heterocycles. The van der Waals surface area contributed by atoms with Crippen LogP contribution in [0.1, 0.15) is 93.4 Å². The molecule has 10 heteroatoms. The molecule has 0 aromatic rings. The minimum absolute atomic E-state index is 0.00924. The highest BCUT2D eigenvalue weighted by atomic mass is 16.7. The van der Waals surface area contributed by atoms with Crippen LogP contribution in [-0.4, -0.2) is 104 Å². The van der Waals surface area contributed by atoms with Crippen molar-refractivity contribution in [2.75, 3.05) is 6.61 Å². The van der Waals surface area contributed by atoms with Gasteiger partial charge in [-0.3, -0.25) is 0 Å². The maximum atomic E-state index is 12.4. The molecule has 5 saturated carbocycles. The van der Waals surface area contributed by atoms with E-state index >= 15 is 0 Å². The van der Waals surface area contributed by atoms with Gasteiger partial charge in [-0.2, -0.15) is 0 Å². The molecule has 8 aliphatic rings. The summed E-state index contributed by atoms with van der Waals surface area (Å²) in [4.78, 5) is 0. The predicted octanol–water partition coefficient (Wildman–Crippen LogP) is 2.09. The van der Waals surface area contributed by atoms with Gasteiger partial charge in [-0.1, -0.05) is 34.6 Å². The molecule has 0 amide bonds. The van der Waals surface area contributed by atoms with Crippen LogP contribution in [0, 0.1) is 50.7 Å². The van der Waals surface area contributed by atoms with Gasteiger partial charge in [-0.25, -0.2) is 0 Å². The second kappa shape index (κ2) is 9.23. The predicted molar refractivity (Wildman–Crippen MR) is 160 cm³/mol. The summed E-state index contributed by atoms with van der Waals surface area (Å²) in [6, 6.07) is 0. The highest BCUT2D eigenvalue weighted by Crippen LogP contribution is 2.89. The Morgan fingerprint density at radius 1 is 0.778 bits per heavy atom. The van der Waals surface area contributed by atoms with Gasteiger partial charge >= 0.3 is 0 Å². The molecule has 2 spiro atoms. The molecule has 8 fully saturated rings. The molecule has 8 rings (SSSR count). The van der Waals surface area contributed by atoms with E-state index in [4.69, 9.17) is 18.9 Å². The molecule has 10 nitrogen and oxygen atoms in total. The lowest BCUT2D eigenvalue weighted by molar-refractivity contribution is -0.334. The Bertz CT molecular complexity index is 1240. The molecule has 0 aromatic heterocycles. The number of ether oxygens (including phenoxy) is 4. The van der Waals surface area contributed by atoms with Crippen molar-refractivity contribution in [2.24, 2.45) is 50.7 Å². The summed E-state index contributed by atoms with van der Waals surface area (Å²) in [5, 5.41) is 66.1. The van der Waals surface area contributed by atoms with Crippen LogP contribution in [0.3, 0.4) is 0 Å². The van der Waals surface area contributed by atoms with Gasteiger partial charge in [-0.05, 0) is 104 Å². The zero-order chi connectivity index (χ0) is 32.5. The zero-order valence-electron chi connectivity index (χ0n) is 28.0. The number of hydrogen-bond acceptors (Lipinski definition) is 10. The maximum Gasteiger partial charge on any atom is 0.222 e. The molecule has 0 bridgehead atoms. The molecular formula is C35H56O10. The summed E-state index contributed by atoms with van der Waals surface area (Å²) in [5.74, 6) is -1.25. The molecule has 0 unspecified atom stereocenters. The van der Waals surface area contributed by atoms with Crippen molar-refractivity contribution in [3.8, 4) is 0 Å². The smallest absolute Gasteiger partial charge is 0.222 e. The van der Waals surface area contributed by atoms with Gasteiger partial charge in [0.1, 0.15) is 30.5 Å². The molecule has 6 N–H and O–H groups in total. The summed E-state index contributed by atoms with van der Waals surface area (Å²) in [5.41, 5.74) is -1.51. The number of fused-ring (bicyclic) bond motifs is 5. The van der Waals surface area contributed by atoms with Gasteiger partial charge in [0.25, 0.3) is 0 Å². The van der Waals surface area contributed by atoms with Crippen LogP contribution in [0.4, 0.5) is 0 Å². The van der Waals surface area contributed by atoms with Crippen LogP contribution in [-0.2, 0) is 18.9 Å². The maximum absolute atomic E-state index is 12.4. The number of hydrogen-bond donors (Lipinski definition) is 6. The molecule has 3 saturated heterocycles. The molecule has 18 atom stereocenters. The monoisotopic (exact) mass is 636 g/mol. The van der Waals surface area contributed by atoms with Crippen LogP contribution in [0.15, 0.2) is 0 Å². The zero-order valence-corrected chi connectivity index (χ0v) is 28.0. The van der Waals surface area contributed by atoms with E-state index < -0.39 is 65.8 Å². The minimum atomic E-state index is -1.85. The van der Waals surface area contributed by atoms with E-state index in [2.05, 4.69) is 34.6 Å². The Morgan fingerprint density at radius 3 is 2.16 bits per heavy atom. The largest absolute Gasteiger partial charge is 0.390 e. The quantitative estimate of drug-likeness (QED) is 0.248. The molecule has 256 valence electrons. The van der Waals surface area contributed by atoms with E-state index in [0.717, 1.165) is 44.9 Å². The van der Waals surface area contributed by atoms with Crippen molar-refractivity contribution < 1.29 is 49.6 Å². The lowest BCUT2D eigenvalue weighted by Gasteiger charge is -2.64. The van der Waals surface area contributed by atoms with Crippen LogP contribution in [0.5, 0.6) is 0 Å². The molecule has 0 radical (unpaired) electrons. The summed E-state index contributed by atoms with van der Waals surface area (Å²) in [6.07, 6.45) is -1.02. The van der Waals surface area contributed by atoms with Crippen molar-refractivity contribution in [3.05, 3.63) is 0 Å². The van der Waals surface area contributed by atoms with Gasteiger partial charge in [0.2, 0.25) is 5.79 Å². The third-order valence-corrected chi connectivity index (χ3v) is 16.2. The fourth-order valence-electron chi connectivity index (χ4n) is 13.9. The normalized spacial score (nSPS) is 63.8. The first kappa shape index (κ1) is 31.8. The fourth-order valence-corrected chi connectivity index (χ4v) is 13.9. The molecule has 45 heavy (non-hydrogen) atoms. The van der Waals surface area contributed by atoms with E-state index in [-0.39, 0.29) is 46.2 Å². The van der Waals surface area contributed by atoms with Crippen LogP contribution in [0.2, 0.25) is 0 Å². The highest BCUT2D eigenvalue weighted by molar-refractivity contribution is 5.33. The van der Waals surface area contributed by atoms with E-state index in [1.165, 1.54) is 0 Å². The Hall–Kier alpha value is -0.400. The second-order valence-electron chi connectivity index (χ2n) is 18.3. The van der Waals surface area contributed by atoms with E-state index in [1.807, 2.05) is 0 Å². The lowest BCUT2D eigenvalue weighted by Crippen LogP contribution is -2.63. The van der Waals surface area contributed by atoms with Crippen LogP contribution in [0.25, 0.3) is 0 Å². The lowest BCUT2D eigenvalue weighted by atomic mass is 9.41. The molecular weight excluding hydrogens is 580 g/mol. The molecule has 5 aliphatic carbocycles. The van der Waals surface area contributed by atoms with Gasteiger partial charge < -0.3 is 49.6 Å². The first-order valence-electron chi connectivity index (χ1n) is 17.6. The van der Waals surface area contributed by atoms with Gasteiger partial charge in [-0.15, -0.1) is 0 Å². The molecule has 3 aliphatic heterocycles. The van der Waals surface area contributed by atoms with Gasteiger partial charge in [0, 0.05) is 5.41 Å². The number of aliphatic hydroxyl groups is 6. The van der Waals surface area contributed by atoms with E-state index in [0.29, 0.717) is 11.8 Å². The van der Waals surface area contributed by atoms with Crippen molar-refractivity contribution in [2.45, 2.75) is 160 Å². The summed E-state index contributed by atoms with van der Waals surface area (Å²) in [6.45, 7) is 14.8. The SMILES string of the molecule is C[C@H]1[C@H]2[C@@H](O[C@@]3(O)[C@@H]1OC(C)(C)[C@H]3O)[C@H](O)[C@@]1(C)[C@@H]3CC[C@H]4C(C)(C)[C@@H](O[C@@H]5OC[C@@H](O)[C@H](O)[C@H]5O)CC[C@@]45C[C@@]35CC[C@]21C. The third-order valence-electron chi connectivity index (χ3n) is 16.2. The topological polar surface area (TPSA) is 158 Å². The van der Waals surface area contributed by atoms with E-state index in [1.54, 1.807) is 13.8 Å². The van der Waals surface area contributed by atoms with Gasteiger partial charge in [0.05, 0.1) is 30.5 Å². The van der Waals surface area contributed by atoms with Crippen LogP contribution >= 0.6 is 0 Å². The van der Waals surface area contributed by atoms with Crippen molar-refractivity contribution in [1.82, 2.24) is 0 Å². The van der Waals surface area contributed by atoms with Crippen molar-refractivity contribution in [1.29, 1.82) is 0 Å². The van der Waals surface area contributed by atoms with Crippen LogP contribution < -0.4 is 0 Å². The number of rotatable bonds is 2. The minimum Gasteiger partial charge on any atom is -0.390 e.